The van der Waals surface area contributed by atoms with Crippen LogP contribution in [0.15, 0.2) is 47.0 Å². The number of amides is 3. The van der Waals surface area contributed by atoms with Gasteiger partial charge in [0, 0.05) is 16.1 Å². The summed E-state index contributed by atoms with van der Waals surface area (Å²) in [6, 6.07) is 10.6. The normalized spacial score (nSPS) is 19.0. The molecule has 1 unspecified atom stereocenters. The second-order valence-electron chi connectivity index (χ2n) is 6.95. The van der Waals surface area contributed by atoms with Crippen molar-refractivity contribution in [1.82, 2.24) is 20.4 Å². The quantitative estimate of drug-likeness (QED) is 0.656. The van der Waals surface area contributed by atoms with Crippen LogP contribution in [0.1, 0.15) is 23.9 Å². The van der Waals surface area contributed by atoms with E-state index >= 15 is 0 Å². The lowest BCUT2D eigenvalue weighted by Gasteiger charge is -2.23. The smallest absolute Gasteiger partial charge is 0.325 e. The first-order chi connectivity index (χ1) is 13.8. The lowest BCUT2D eigenvalue weighted by Crippen LogP contribution is -2.41. The highest BCUT2D eigenvalue weighted by molar-refractivity contribution is 6.32. The van der Waals surface area contributed by atoms with Crippen LogP contribution in [0.25, 0.3) is 11.4 Å². The van der Waals surface area contributed by atoms with Crippen LogP contribution in [0.5, 0.6) is 0 Å². The fourth-order valence-electron chi connectivity index (χ4n) is 3.19. The second kappa shape index (κ2) is 6.97. The number of hydrogen-bond donors (Lipinski definition) is 1. The summed E-state index contributed by atoms with van der Waals surface area (Å²) in [6.07, 6.45) is 0. The number of aryl methyl sites for hydroxylation is 1. The topological polar surface area (TPSA) is 88.3 Å². The molecule has 2 heterocycles. The molecule has 0 aliphatic carbocycles. The Morgan fingerprint density at radius 1 is 1.21 bits per heavy atom. The highest BCUT2D eigenvalue weighted by Gasteiger charge is 2.50. The first-order valence-corrected chi connectivity index (χ1v) is 9.15. The van der Waals surface area contributed by atoms with Crippen molar-refractivity contribution in [3.63, 3.8) is 0 Å². The molecule has 1 aliphatic rings. The van der Waals surface area contributed by atoms with E-state index in [0.717, 1.165) is 22.1 Å². The number of urea groups is 1. The zero-order valence-electron chi connectivity index (χ0n) is 15.6. The van der Waals surface area contributed by atoms with E-state index in [2.05, 4.69) is 15.5 Å². The number of halogens is 2. The van der Waals surface area contributed by atoms with Gasteiger partial charge in [0.15, 0.2) is 0 Å². The van der Waals surface area contributed by atoms with Crippen LogP contribution in [0.4, 0.5) is 9.18 Å². The fraction of sp³-hybridized carbons (Fsp3) is 0.200. The van der Waals surface area contributed by atoms with Gasteiger partial charge in [-0.3, -0.25) is 9.69 Å². The van der Waals surface area contributed by atoms with E-state index < -0.39 is 23.3 Å². The third-order valence-corrected chi connectivity index (χ3v) is 5.13. The maximum absolute atomic E-state index is 13.4. The number of carbonyl (C=O) groups is 2. The molecule has 3 amide bonds. The third kappa shape index (κ3) is 3.36. The molecule has 1 saturated heterocycles. The van der Waals surface area contributed by atoms with Crippen molar-refractivity contribution in [2.24, 2.45) is 0 Å². The highest BCUT2D eigenvalue weighted by atomic mass is 35.5. The molecule has 0 spiro atoms. The van der Waals surface area contributed by atoms with Gasteiger partial charge in [-0.15, -0.1) is 0 Å². The van der Waals surface area contributed by atoms with Crippen molar-refractivity contribution in [1.29, 1.82) is 0 Å². The Hall–Kier alpha value is -3.26. The molecule has 1 aromatic heterocycles. The molecule has 2 aromatic carbocycles. The lowest BCUT2D eigenvalue weighted by atomic mass is 9.92. The van der Waals surface area contributed by atoms with Crippen molar-refractivity contribution < 1.29 is 18.5 Å². The van der Waals surface area contributed by atoms with E-state index in [0.29, 0.717) is 11.4 Å². The van der Waals surface area contributed by atoms with Gasteiger partial charge in [-0.2, -0.15) is 4.98 Å². The van der Waals surface area contributed by atoms with Gasteiger partial charge in [0.25, 0.3) is 5.91 Å². The van der Waals surface area contributed by atoms with Crippen LogP contribution in [0.3, 0.4) is 0 Å². The molecule has 148 valence electrons. The molecule has 9 heteroatoms. The van der Waals surface area contributed by atoms with Crippen LogP contribution in [0, 0.1) is 12.7 Å². The first kappa shape index (κ1) is 19.1. The van der Waals surface area contributed by atoms with Crippen molar-refractivity contribution >= 4 is 23.5 Å². The molecule has 4 rings (SSSR count). The van der Waals surface area contributed by atoms with Gasteiger partial charge in [-0.05, 0) is 26.0 Å². The number of nitrogens with zero attached hydrogens (tertiary/aromatic N) is 3. The van der Waals surface area contributed by atoms with Crippen LogP contribution in [-0.2, 0) is 16.9 Å². The van der Waals surface area contributed by atoms with Gasteiger partial charge < -0.3 is 9.84 Å². The first-order valence-electron chi connectivity index (χ1n) is 8.77. The fourth-order valence-corrected chi connectivity index (χ4v) is 3.55. The largest absolute Gasteiger partial charge is 0.337 e. The zero-order valence-corrected chi connectivity index (χ0v) is 16.3. The minimum atomic E-state index is -1.43. The summed E-state index contributed by atoms with van der Waals surface area (Å²) >= 11 is 6.10. The van der Waals surface area contributed by atoms with Gasteiger partial charge in [-0.25, -0.2) is 9.18 Å². The highest BCUT2D eigenvalue weighted by Crippen LogP contribution is 2.34. The van der Waals surface area contributed by atoms with Crippen LogP contribution >= 0.6 is 11.6 Å². The number of benzene rings is 2. The van der Waals surface area contributed by atoms with Crippen molar-refractivity contribution in [3.05, 3.63) is 70.3 Å². The number of hydrogen-bond acceptors (Lipinski definition) is 5. The third-order valence-electron chi connectivity index (χ3n) is 4.82. The number of imide groups is 1. The van der Waals surface area contributed by atoms with Crippen LogP contribution in [-0.4, -0.2) is 27.0 Å². The molecule has 0 saturated carbocycles. The summed E-state index contributed by atoms with van der Waals surface area (Å²) < 4.78 is 18.6. The van der Waals surface area contributed by atoms with Gasteiger partial charge in [-0.1, -0.05) is 52.7 Å². The van der Waals surface area contributed by atoms with Gasteiger partial charge in [0.2, 0.25) is 11.7 Å². The molecule has 29 heavy (non-hydrogen) atoms. The second-order valence-corrected chi connectivity index (χ2v) is 7.36. The van der Waals surface area contributed by atoms with E-state index in [1.807, 2.05) is 31.2 Å². The minimum Gasteiger partial charge on any atom is -0.337 e. The summed E-state index contributed by atoms with van der Waals surface area (Å²) in [5.74, 6) is -0.619. The molecule has 0 bridgehead atoms. The van der Waals surface area contributed by atoms with Crippen molar-refractivity contribution in [2.75, 3.05) is 0 Å². The maximum Gasteiger partial charge on any atom is 0.325 e. The van der Waals surface area contributed by atoms with Crippen LogP contribution < -0.4 is 5.32 Å². The number of nitrogens with one attached hydrogen (secondary N) is 1. The Labute approximate surface area is 170 Å². The minimum absolute atomic E-state index is 0.0439. The molecular formula is C20H16ClFN4O3. The summed E-state index contributed by atoms with van der Waals surface area (Å²) in [7, 11) is 0. The Kier molecular flexibility index (Phi) is 4.58. The van der Waals surface area contributed by atoms with E-state index in [9.17, 15) is 14.0 Å². The van der Waals surface area contributed by atoms with Gasteiger partial charge >= 0.3 is 6.03 Å². The molecule has 1 aliphatic heterocycles. The summed E-state index contributed by atoms with van der Waals surface area (Å²) in [4.78, 5) is 30.7. The Balaban J connectivity index is 1.58. The van der Waals surface area contributed by atoms with E-state index in [1.165, 1.54) is 19.1 Å². The average molecular weight is 415 g/mol. The number of aromatic nitrogens is 2. The number of rotatable bonds is 4. The van der Waals surface area contributed by atoms with Crippen molar-refractivity contribution in [3.8, 4) is 11.4 Å². The molecule has 3 aromatic rings. The average Bonchev–Trinajstić information content (AvgIpc) is 3.21. The maximum atomic E-state index is 13.4. The molecular weight excluding hydrogens is 399 g/mol. The zero-order chi connectivity index (χ0) is 20.8. The monoisotopic (exact) mass is 414 g/mol. The Morgan fingerprint density at radius 3 is 2.62 bits per heavy atom. The van der Waals surface area contributed by atoms with E-state index in [1.54, 1.807) is 0 Å². The molecule has 1 fully saturated rings. The Bertz CT molecular complexity index is 1120. The molecule has 7 nitrogen and oxygen atoms in total. The summed E-state index contributed by atoms with van der Waals surface area (Å²) in [5.41, 5.74) is 0.718. The van der Waals surface area contributed by atoms with Gasteiger partial charge in [0.1, 0.15) is 17.9 Å². The number of carbonyl (C=O) groups excluding carboxylic acids is 2. The molecule has 1 atom stereocenters. The predicted octanol–water partition coefficient (Wildman–Crippen LogP) is 3.80. The van der Waals surface area contributed by atoms with Crippen LogP contribution in [0.2, 0.25) is 5.02 Å². The summed E-state index contributed by atoms with van der Waals surface area (Å²) in [5, 5.41) is 6.56. The SMILES string of the molecule is Cc1ccc(-c2noc(CN3C(=O)NC(C)(c4ccc(F)cc4Cl)C3=O)n2)cc1. The summed E-state index contributed by atoms with van der Waals surface area (Å²) in [6.45, 7) is 3.28. The lowest BCUT2D eigenvalue weighted by molar-refractivity contribution is -0.131. The predicted molar refractivity (Wildman–Crippen MR) is 102 cm³/mol. The molecule has 0 radical (unpaired) electrons. The Morgan fingerprint density at radius 2 is 1.93 bits per heavy atom. The molecule has 1 N–H and O–H groups in total. The van der Waals surface area contributed by atoms with E-state index in [-0.39, 0.29) is 17.5 Å². The van der Waals surface area contributed by atoms with Crippen molar-refractivity contribution in [2.45, 2.75) is 25.9 Å². The van der Waals surface area contributed by atoms with Gasteiger partial charge in [0.05, 0.1) is 0 Å². The standard InChI is InChI=1S/C20H16ClFN4O3/c1-11-3-5-12(6-4-11)17-23-16(29-25-17)10-26-18(27)20(2,24-19(26)28)14-8-7-13(22)9-15(14)21/h3-9H,10H2,1-2H3,(H,24,28). The van der Waals surface area contributed by atoms with E-state index in [4.69, 9.17) is 16.1 Å².